The molecule has 0 saturated heterocycles. The lowest BCUT2D eigenvalue weighted by atomic mass is 10.4. The summed E-state index contributed by atoms with van der Waals surface area (Å²) in [5.41, 5.74) is 0. The number of carbonyl (C=O) groups excluding carboxylic acids is 1. The highest BCUT2D eigenvalue weighted by Gasteiger charge is 2.22. The first-order chi connectivity index (χ1) is 11.5. The summed E-state index contributed by atoms with van der Waals surface area (Å²) in [6, 6.07) is 7.37. The fourth-order valence-corrected chi connectivity index (χ4v) is 2.67. The molecule has 10 heteroatoms. The first-order valence-corrected chi connectivity index (χ1v) is 8.23. The van der Waals surface area contributed by atoms with Gasteiger partial charge in [-0.1, -0.05) is 0 Å². The molecule has 0 aliphatic carbocycles. The zero-order valence-corrected chi connectivity index (χ0v) is 13.0. The molecule has 0 atom stereocenters. The van der Waals surface area contributed by atoms with E-state index in [-0.39, 0.29) is 18.3 Å². The Labute approximate surface area is 136 Å². The standard InChI is InChI=1S/C14H12N4O5S/c19-13(17-9-10-3-1-8-22-10)11-4-5-12(23-11)24(20,21)18-14-15-6-2-7-16-14/h1-8H,9H2,(H,17,19)(H,15,16,18). The Balaban J connectivity index is 1.69. The largest absolute Gasteiger partial charge is 0.467 e. The average Bonchev–Trinajstić information content (AvgIpc) is 3.25. The summed E-state index contributed by atoms with van der Waals surface area (Å²) in [7, 11) is -4.02. The van der Waals surface area contributed by atoms with Crippen LogP contribution in [0.2, 0.25) is 0 Å². The second kappa shape index (κ2) is 6.54. The third kappa shape index (κ3) is 3.60. The number of rotatable bonds is 6. The maximum Gasteiger partial charge on any atom is 0.297 e. The molecular formula is C14H12N4O5S. The third-order valence-electron chi connectivity index (χ3n) is 2.86. The van der Waals surface area contributed by atoms with Crippen LogP contribution in [0.15, 0.2) is 62.9 Å². The Morgan fingerprint density at radius 1 is 1.12 bits per heavy atom. The van der Waals surface area contributed by atoms with Crippen molar-refractivity contribution in [2.24, 2.45) is 0 Å². The van der Waals surface area contributed by atoms with Gasteiger partial charge in [0.1, 0.15) is 5.76 Å². The van der Waals surface area contributed by atoms with Crippen LogP contribution < -0.4 is 10.0 Å². The van der Waals surface area contributed by atoms with Gasteiger partial charge >= 0.3 is 0 Å². The van der Waals surface area contributed by atoms with E-state index in [0.29, 0.717) is 5.76 Å². The summed E-state index contributed by atoms with van der Waals surface area (Å²) >= 11 is 0. The van der Waals surface area contributed by atoms with Crippen molar-refractivity contribution in [1.82, 2.24) is 15.3 Å². The SMILES string of the molecule is O=C(NCc1ccco1)c1ccc(S(=O)(=O)Nc2ncccn2)o1. The van der Waals surface area contributed by atoms with E-state index in [0.717, 1.165) is 0 Å². The summed E-state index contributed by atoms with van der Waals surface area (Å²) in [6.45, 7) is 0.157. The maximum atomic E-state index is 12.2. The summed E-state index contributed by atoms with van der Waals surface area (Å²) in [5, 5.41) is 2.13. The van der Waals surface area contributed by atoms with Crippen LogP contribution in [0.5, 0.6) is 0 Å². The Morgan fingerprint density at radius 2 is 1.92 bits per heavy atom. The minimum atomic E-state index is -4.02. The van der Waals surface area contributed by atoms with E-state index in [1.165, 1.54) is 30.8 Å². The number of sulfonamides is 1. The van der Waals surface area contributed by atoms with Crippen molar-refractivity contribution < 1.29 is 22.0 Å². The summed E-state index contributed by atoms with van der Waals surface area (Å²) in [5.74, 6) is -0.247. The van der Waals surface area contributed by atoms with Crippen molar-refractivity contribution >= 4 is 21.9 Å². The van der Waals surface area contributed by atoms with Crippen molar-refractivity contribution in [2.75, 3.05) is 4.72 Å². The molecule has 24 heavy (non-hydrogen) atoms. The fourth-order valence-electron chi connectivity index (χ4n) is 1.78. The highest BCUT2D eigenvalue weighted by atomic mass is 32.2. The molecule has 3 aromatic rings. The lowest BCUT2D eigenvalue weighted by molar-refractivity contribution is 0.0915. The van der Waals surface area contributed by atoms with Gasteiger partial charge in [-0.2, -0.15) is 8.42 Å². The van der Waals surface area contributed by atoms with Gasteiger partial charge in [0.25, 0.3) is 15.9 Å². The van der Waals surface area contributed by atoms with Crippen LogP contribution in [0.25, 0.3) is 0 Å². The molecule has 3 heterocycles. The Bertz CT molecular complexity index is 919. The topological polar surface area (TPSA) is 127 Å². The van der Waals surface area contributed by atoms with Crippen LogP contribution >= 0.6 is 0 Å². The molecule has 0 radical (unpaired) electrons. The van der Waals surface area contributed by atoms with Gasteiger partial charge in [-0.05, 0) is 30.3 Å². The molecule has 3 rings (SSSR count). The van der Waals surface area contributed by atoms with Gasteiger partial charge < -0.3 is 14.2 Å². The number of aromatic nitrogens is 2. The first-order valence-electron chi connectivity index (χ1n) is 6.75. The van der Waals surface area contributed by atoms with Gasteiger partial charge in [-0.15, -0.1) is 0 Å². The Hall–Kier alpha value is -3.14. The molecule has 2 N–H and O–H groups in total. The number of nitrogens with one attached hydrogen (secondary N) is 2. The highest BCUT2D eigenvalue weighted by molar-refractivity contribution is 7.92. The van der Waals surface area contributed by atoms with Crippen LogP contribution in [0, 0.1) is 0 Å². The van der Waals surface area contributed by atoms with Gasteiger partial charge in [-0.25, -0.2) is 14.7 Å². The molecule has 9 nitrogen and oxygen atoms in total. The van der Waals surface area contributed by atoms with Crippen molar-refractivity contribution in [3.8, 4) is 0 Å². The van der Waals surface area contributed by atoms with Gasteiger partial charge in [-0.3, -0.25) is 4.79 Å². The highest BCUT2D eigenvalue weighted by Crippen LogP contribution is 2.16. The predicted molar refractivity (Wildman–Crippen MR) is 81.4 cm³/mol. The molecule has 0 unspecified atom stereocenters. The van der Waals surface area contributed by atoms with Crippen molar-refractivity contribution in [3.63, 3.8) is 0 Å². The Kier molecular flexibility index (Phi) is 4.29. The van der Waals surface area contributed by atoms with Crippen molar-refractivity contribution in [3.05, 3.63) is 60.5 Å². The quantitative estimate of drug-likeness (QED) is 0.689. The summed E-state index contributed by atoms with van der Waals surface area (Å²) < 4.78 is 36.6. The van der Waals surface area contributed by atoms with Crippen LogP contribution in [0.1, 0.15) is 16.3 Å². The number of carbonyl (C=O) groups is 1. The molecule has 0 fully saturated rings. The normalized spacial score (nSPS) is 11.2. The summed E-state index contributed by atoms with van der Waals surface area (Å²) in [4.78, 5) is 19.5. The van der Waals surface area contributed by atoms with Gasteiger partial charge in [0.05, 0.1) is 12.8 Å². The van der Waals surface area contributed by atoms with E-state index in [4.69, 9.17) is 8.83 Å². The van der Waals surface area contributed by atoms with Gasteiger partial charge in [0, 0.05) is 12.4 Å². The number of anilines is 1. The number of hydrogen-bond acceptors (Lipinski definition) is 7. The smallest absolute Gasteiger partial charge is 0.297 e. The molecule has 3 aromatic heterocycles. The lowest BCUT2D eigenvalue weighted by Gasteiger charge is -2.03. The van der Waals surface area contributed by atoms with Crippen LogP contribution in [-0.4, -0.2) is 24.3 Å². The number of nitrogens with zero attached hydrogens (tertiary/aromatic N) is 2. The fraction of sp³-hybridized carbons (Fsp3) is 0.0714. The van der Waals surface area contributed by atoms with E-state index < -0.39 is 21.0 Å². The molecule has 0 saturated carbocycles. The zero-order chi connectivity index (χ0) is 17.0. The predicted octanol–water partition coefficient (Wildman–Crippen LogP) is 1.39. The van der Waals surface area contributed by atoms with Crippen LogP contribution in [0.4, 0.5) is 5.95 Å². The number of furan rings is 2. The second-order valence-corrected chi connectivity index (χ2v) is 6.17. The van der Waals surface area contributed by atoms with E-state index in [2.05, 4.69) is 20.0 Å². The molecule has 1 amide bonds. The molecular weight excluding hydrogens is 336 g/mol. The van der Waals surface area contributed by atoms with Crippen molar-refractivity contribution in [1.29, 1.82) is 0 Å². The first kappa shape index (κ1) is 15.7. The molecule has 0 spiro atoms. The molecule has 0 aromatic carbocycles. The number of amides is 1. The van der Waals surface area contributed by atoms with Crippen molar-refractivity contribution in [2.45, 2.75) is 11.6 Å². The van der Waals surface area contributed by atoms with E-state index in [1.54, 1.807) is 18.2 Å². The van der Waals surface area contributed by atoms with E-state index in [9.17, 15) is 13.2 Å². The molecule has 0 aliphatic rings. The lowest BCUT2D eigenvalue weighted by Crippen LogP contribution is -2.22. The number of hydrogen-bond donors (Lipinski definition) is 2. The van der Waals surface area contributed by atoms with E-state index >= 15 is 0 Å². The Morgan fingerprint density at radius 3 is 2.62 bits per heavy atom. The second-order valence-electron chi connectivity index (χ2n) is 4.56. The molecule has 0 aliphatic heterocycles. The monoisotopic (exact) mass is 348 g/mol. The third-order valence-corrected chi connectivity index (χ3v) is 4.07. The minimum absolute atomic E-state index is 0.0993. The van der Waals surface area contributed by atoms with E-state index in [1.807, 2.05) is 0 Å². The minimum Gasteiger partial charge on any atom is -0.467 e. The zero-order valence-electron chi connectivity index (χ0n) is 12.2. The maximum absolute atomic E-state index is 12.2. The van der Waals surface area contributed by atoms with Gasteiger partial charge in [0.15, 0.2) is 5.76 Å². The van der Waals surface area contributed by atoms with Crippen LogP contribution in [-0.2, 0) is 16.6 Å². The average molecular weight is 348 g/mol. The molecule has 0 bridgehead atoms. The summed E-state index contributed by atoms with van der Waals surface area (Å²) in [6.07, 6.45) is 4.26. The van der Waals surface area contributed by atoms with Crippen LogP contribution in [0.3, 0.4) is 0 Å². The molecule has 124 valence electrons. The van der Waals surface area contributed by atoms with Gasteiger partial charge in [0.2, 0.25) is 11.0 Å².